The zero-order valence-corrected chi connectivity index (χ0v) is 13.6. The van der Waals surface area contributed by atoms with E-state index < -0.39 is 0 Å². The Labute approximate surface area is 134 Å². The zero-order valence-electron chi connectivity index (χ0n) is 11.1. The molecule has 3 N–H and O–H groups in total. The molecule has 0 radical (unpaired) electrons. The molecular formula is C14H14BrN4OS+. The second-order valence-corrected chi connectivity index (χ2v) is 6.65. The first kappa shape index (κ1) is 14.2. The third-order valence-corrected chi connectivity index (χ3v) is 4.48. The molecule has 1 aliphatic rings. The van der Waals surface area contributed by atoms with Crippen molar-refractivity contribution in [2.24, 2.45) is 4.99 Å². The van der Waals surface area contributed by atoms with Crippen molar-refractivity contribution in [3.05, 3.63) is 45.4 Å². The number of amides is 1. The van der Waals surface area contributed by atoms with Crippen LogP contribution in [-0.4, -0.2) is 24.8 Å². The van der Waals surface area contributed by atoms with Gasteiger partial charge < -0.3 is 5.32 Å². The van der Waals surface area contributed by atoms with Crippen LogP contribution in [0.2, 0.25) is 0 Å². The second kappa shape index (κ2) is 6.36. The average molecular weight is 366 g/mol. The van der Waals surface area contributed by atoms with Crippen LogP contribution in [0, 0.1) is 0 Å². The van der Waals surface area contributed by atoms with Crippen molar-refractivity contribution in [2.75, 3.05) is 18.4 Å². The van der Waals surface area contributed by atoms with E-state index in [0.717, 1.165) is 27.4 Å². The van der Waals surface area contributed by atoms with Gasteiger partial charge >= 0.3 is 11.0 Å². The molecule has 0 bridgehead atoms. The molecule has 7 heteroatoms. The number of hydrogen-bond acceptors (Lipinski definition) is 4. The van der Waals surface area contributed by atoms with Gasteiger partial charge in [0.15, 0.2) is 0 Å². The van der Waals surface area contributed by atoms with Crippen molar-refractivity contribution >= 4 is 44.1 Å². The number of hydrogen-bond donors (Lipinski definition) is 2. The number of aliphatic imine (C=N–C) groups is 1. The van der Waals surface area contributed by atoms with Crippen LogP contribution >= 0.6 is 27.3 Å². The largest absolute Gasteiger partial charge is 0.374 e. The van der Waals surface area contributed by atoms with Crippen LogP contribution < -0.4 is 15.6 Å². The van der Waals surface area contributed by atoms with E-state index >= 15 is 0 Å². The van der Waals surface area contributed by atoms with Crippen molar-refractivity contribution in [3.8, 4) is 0 Å². The minimum Gasteiger partial charge on any atom is -0.362 e. The molecule has 1 aliphatic heterocycles. The third-order valence-electron chi connectivity index (χ3n) is 3.01. The normalized spacial score (nSPS) is 13.7. The Morgan fingerprint density at radius 1 is 1.43 bits per heavy atom. The number of aromatic amines is 1. The van der Waals surface area contributed by atoms with Gasteiger partial charge in [0.1, 0.15) is 6.20 Å². The number of nitrogens with zero attached hydrogens (tertiary/aromatic N) is 1. The fourth-order valence-electron chi connectivity index (χ4n) is 2.00. The Hall–Kier alpha value is -1.73. The lowest BCUT2D eigenvalue weighted by atomic mass is 10.1. The lowest BCUT2D eigenvalue weighted by Gasteiger charge is -1.97. The van der Waals surface area contributed by atoms with Crippen molar-refractivity contribution in [1.82, 2.24) is 5.32 Å². The van der Waals surface area contributed by atoms with Crippen molar-refractivity contribution in [3.63, 3.8) is 0 Å². The molecular weight excluding hydrogens is 352 g/mol. The molecule has 0 unspecified atom stereocenters. The number of carbonyl (C=O) groups is 1. The number of H-pyrrole nitrogens is 1. The number of amidine groups is 1. The summed E-state index contributed by atoms with van der Waals surface area (Å²) in [7, 11) is 0. The standard InChI is InChI=1S/C14H13BrN4OS/c15-10-3-1-9(2-4-10)7-11-8-18-14(21-11)19-13(20)12-16-5-6-17-12/h1-4,8H,5-7H2,(H,16,17)(H,18,19,20)/p+1. The molecule has 2 aromatic rings. The van der Waals surface area contributed by atoms with E-state index in [4.69, 9.17) is 0 Å². The number of rotatable bonds is 4. The number of anilines is 1. The number of benzene rings is 1. The minimum atomic E-state index is -0.194. The summed E-state index contributed by atoms with van der Waals surface area (Å²) < 4.78 is 1.07. The Morgan fingerprint density at radius 2 is 2.24 bits per heavy atom. The van der Waals surface area contributed by atoms with Gasteiger partial charge in [-0.1, -0.05) is 39.4 Å². The van der Waals surface area contributed by atoms with E-state index in [-0.39, 0.29) is 5.91 Å². The van der Waals surface area contributed by atoms with E-state index in [1.54, 1.807) is 0 Å². The summed E-state index contributed by atoms with van der Waals surface area (Å²) in [6.45, 7) is 1.39. The van der Waals surface area contributed by atoms with Gasteiger partial charge in [0, 0.05) is 17.4 Å². The highest BCUT2D eigenvalue weighted by Crippen LogP contribution is 2.19. The summed E-state index contributed by atoms with van der Waals surface area (Å²) in [4.78, 5) is 20.2. The predicted molar refractivity (Wildman–Crippen MR) is 86.8 cm³/mol. The Kier molecular flexibility index (Phi) is 4.31. The van der Waals surface area contributed by atoms with Crippen LogP contribution in [0.5, 0.6) is 0 Å². The number of thiazole rings is 1. The van der Waals surface area contributed by atoms with Gasteiger partial charge in [-0.05, 0) is 17.7 Å². The van der Waals surface area contributed by atoms with E-state index in [1.165, 1.54) is 16.9 Å². The summed E-state index contributed by atoms with van der Waals surface area (Å²) in [5.74, 6) is 0.215. The summed E-state index contributed by atoms with van der Waals surface area (Å²) in [6, 6.07) is 8.22. The molecule has 0 aliphatic carbocycles. The lowest BCUT2D eigenvalue weighted by molar-refractivity contribution is -0.354. The molecule has 0 spiro atoms. The van der Waals surface area contributed by atoms with Gasteiger partial charge in [-0.15, -0.1) is 0 Å². The molecule has 1 amide bonds. The molecule has 3 rings (SSSR count). The number of nitrogens with one attached hydrogen (secondary N) is 3. The quantitative estimate of drug-likeness (QED) is 0.867. The maximum Gasteiger partial charge on any atom is 0.374 e. The highest BCUT2D eigenvalue weighted by Gasteiger charge is 2.21. The summed E-state index contributed by atoms with van der Waals surface area (Å²) in [5, 5.41) is 6.50. The van der Waals surface area contributed by atoms with Gasteiger partial charge in [0.2, 0.25) is 5.84 Å². The smallest absolute Gasteiger partial charge is 0.362 e. The van der Waals surface area contributed by atoms with Gasteiger partial charge in [0.05, 0.1) is 11.4 Å². The van der Waals surface area contributed by atoms with E-state index in [2.05, 4.69) is 48.7 Å². The molecule has 108 valence electrons. The first-order chi connectivity index (χ1) is 10.2. The Balaban J connectivity index is 1.63. The number of aromatic nitrogens is 1. The summed E-state index contributed by atoms with van der Waals surface area (Å²) in [6.07, 6.45) is 2.76. The van der Waals surface area contributed by atoms with Gasteiger partial charge in [0.25, 0.3) is 0 Å². The topological polar surface area (TPSA) is 67.6 Å². The summed E-state index contributed by atoms with van der Waals surface area (Å²) in [5.41, 5.74) is 1.23. The lowest BCUT2D eigenvalue weighted by Crippen LogP contribution is -2.33. The van der Waals surface area contributed by atoms with Crippen LogP contribution in [0.1, 0.15) is 10.4 Å². The van der Waals surface area contributed by atoms with Gasteiger partial charge in [-0.3, -0.25) is 4.99 Å². The fraction of sp³-hybridized carbons (Fsp3) is 0.214. The van der Waals surface area contributed by atoms with Gasteiger partial charge in [-0.25, -0.2) is 9.78 Å². The van der Waals surface area contributed by atoms with Crippen molar-refractivity contribution in [2.45, 2.75) is 6.42 Å². The minimum absolute atomic E-state index is 0.194. The SMILES string of the molecule is O=C(Nc1[nH+]cc(Cc2ccc(Br)cc2)s1)C1=NCCN1. The highest BCUT2D eigenvalue weighted by atomic mass is 79.9. The maximum absolute atomic E-state index is 11.9. The van der Waals surface area contributed by atoms with Crippen molar-refractivity contribution in [1.29, 1.82) is 0 Å². The average Bonchev–Trinajstić information content (AvgIpc) is 3.13. The van der Waals surface area contributed by atoms with Crippen LogP contribution in [0.3, 0.4) is 0 Å². The Bertz CT molecular complexity index is 681. The number of carbonyl (C=O) groups excluding carboxylic acids is 1. The van der Waals surface area contributed by atoms with Crippen molar-refractivity contribution < 1.29 is 9.78 Å². The third kappa shape index (κ3) is 3.68. The second-order valence-electron chi connectivity index (χ2n) is 4.60. The zero-order chi connectivity index (χ0) is 14.7. The molecule has 2 heterocycles. The van der Waals surface area contributed by atoms with Gasteiger partial charge in [-0.2, -0.15) is 5.32 Å². The fourth-order valence-corrected chi connectivity index (χ4v) is 3.15. The Morgan fingerprint density at radius 3 is 2.95 bits per heavy atom. The molecule has 0 saturated carbocycles. The van der Waals surface area contributed by atoms with Crippen LogP contribution in [0.25, 0.3) is 0 Å². The predicted octanol–water partition coefficient (Wildman–Crippen LogP) is 1.86. The monoisotopic (exact) mass is 365 g/mol. The summed E-state index contributed by atoms with van der Waals surface area (Å²) >= 11 is 4.96. The molecule has 0 atom stereocenters. The molecule has 0 saturated heterocycles. The molecule has 1 aromatic carbocycles. The van der Waals surface area contributed by atoms with Crippen LogP contribution in [0.15, 0.2) is 39.9 Å². The van der Waals surface area contributed by atoms with E-state index in [1.807, 2.05) is 18.3 Å². The van der Waals surface area contributed by atoms with Crippen LogP contribution in [0.4, 0.5) is 5.13 Å². The highest BCUT2D eigenvalue weighted by molar-refractivity contribution is 9.10. The molecule has 1 aromatic heterocycles. The first-order valence-corrected chi connectivity index (χ1v) is 8.16. The molecule has 5 nitrogen and oxygen atoms in total. The van der Waals surface area contributed by atoms with Crippen LogP contribution in [-0.2, 0) is 11.2 Å². The molecule has 21 heavy (non-hydrogen) atoms. The van der Waals surface area contributed by atoms with E-state index in [9.17, 15) is 4.79 Å². The van der Waals surface area contributed by atoms with E-state index in [0.29, 0.717) is 12.4 Å². The first-order valence-electron chi connectivity index (χ1n) is 6.55. The maximum atomic E-state index is 11.9. The number of halogens is 1. The molecule has 0 fully saturated rings.